The lowest BCUT2D eigenvalue weighted by Gasteiger charge is -2.38. The van der Waals surface area contributed by atoms with Crippen molar-refractivity contribution < 1.29 is 13.9 Å². The zero-order valence-corrected chi connectivity index (χ0v) is 13.3. The van der Waals surface area contributed by atoms with Gasteiger partial charge in [0.1, 0.15) is 11.4 Å². The summed E-state index contributed by atoms with van der Waals surface area (Å²) < 4.78 is 19.2. The molecule has 0 bridgehead atoms. The highest BCUT2D eigenvalue weighted by Crippen LogP contribution is 2.36. The number of esters is 1. The van der Waals surface area contributed by atoms with Gasteiger partial charge >= 0.3 is 5.97 Å². The number of hydrogen-bond acceptors (Lipinski definition) is 3. The van der Waals surface area contributed by atoms with E-state index in [-0.39, 0.29) is 11.8 Å². The average molecular weight is 293 g/mol. The Balaban J connectivity index is 2.41. The van der Waals surface area contributed by atoms with Crippen molar-refractivity contribution in [3.05, 3.63) is 35.1 Å². The van der Waals surface area contributed by atoms with E-state index in [1.54, 1.807) is 19.1 Å². The van der Waals surface area contributed by atoms with E-state index in [2.05, 4.69) is 5.32 Å². The molecule has 0 saturated carbocycles. The van der Waals surface area contributed by atoms with E-state index in [0.717, 1.165) is 18.7 Å². The molecule has 1 heterocycles. The van der Waals surface area contributed by atoms with Gasteiger partial charge in [-0.25, -0.2) is 4.39 Å². The molecule has 0 amide bonds. The topological polar surface area (TPSA) is 38.3 Å². The van der Waals surface area contributed by atoms with Crippen molar-refractivity contribution in [2.45, 2.75) is 51.6 Å². The fourth-order valence-electron chi connectivity index (χ4n) is 2.78. The van der Waals surface area contributed by atoms with Crippen molar-refractivity contribution in [3.63, 3.8) is 0 Å². The van der Waals surface area contributed by atoms with Crippen molar-refractivity contribution in [2.75, 3.05) is 13.1 Å². The minimum Gasteiger partial charge on any atom is -0.459 e. The molecule has 2 rings (SSSR count). The Morgan fingerprint density at radius 2 is 1.90 bits per heavy atom. The molecule has 0 radical (unpaired) electrons. The molecule has 0 aromatic heterocycles. The second-order valence-electron chi connectivity index (χ2n) is 6.80. The Morgan fingerprint density at radius 1 is 1.29 bits per heavy atom. The normalized spacial score (nSPS) is 18.3. The number of hydrogen-bond donors (Lipinski definition) is 1. The lowest BCUT2D eigenvalue weighted by atomic mass is 9.72. The minimum atomic E-state index is -0.670. The Kier molecular flexibility index (Phi) is 4.38. The maximum Gasteiger partial charge on any atom is 0.317 e. The van der Waals surface area contributed by atoms with Crippen molar-refractivity contribution in [2.24, 2.45) is 0 Å². The Bertz CT molecular complexity index is 528. The maximum atomic E-state index is 13.5. The summed E-state index contributed by atoms with van der Waals surface area (Å²) in [7, 11) is 0. The van der Waals surface area contributed by atoms with Gasteiger partial charge in [-0.2, -0.15) is 0 Å². The summed E-state index contributed by atoms with van der Waals surface area (Å²) in [6, 6.07) is 4.95. The van der Waals surface area contributed by atoms with Crippen LogP contribution in [0.2, 0.25) is 0 Å². The van der Waals surface area contributed by atoms with Gasteiger partial charge in [0, 0.05) is 0 Å². The summed E-state index contributed by atoms with van der Waals surface area (Å²) in [5.41, 5.74) is 0.229. The molecule has 1 aromatic rings. The monoisotopic (exact) mass is 293 g/mol. The molecular formula is C17H24FNO2. The van der Waals surface area contributed by atoms with Gasteiger partial charge in [0.2, 0.25) is 0 Å². The highest BCUT2D eigenvalue weighted by molar-refractivity contribution is 5.84. The van der Waals surface area contributed by atoms with E-state index < -0.39 is 11.0 Å². The standard InChI is InChI=1S/C17H24FNO2/c1-12-11-13(5-6-14(12)18)17(7-9-19-10-8-17)15(20)21-16(2,3)4/h5-6,11,19H,7-10H2,1-4H3. The van der Waals surface area contributed by atoms with Crippen molar-refractivity contribution in [3.8, 4) is 0 Å². The van der Waals surface area contributed by atoms with Gasteiger partial charge in [0.05, 0.1) is 5.41 Å². The molecule has 1 saturated heterocycles. The lowest BCUT2D eigenvalue weighted by Crippen LogP contribution is -2.48. The van der Waals surface area contributed by atoms with E-state index in [1.165, 1.54) is 6.07 Å². The number of halogens is 1. The summed E-state index contributed by atoms with van der Waals surface area (Å²) in [6.07, 6.45) is 1.35. The van der Waals surface area contributed by atoms with Crippen LogP contribution in [0.15, 0.2) is 18.2 Å². The Labute approximate surface area is 125 Å². The summed E-state index contributed by atoms with van der Waals surface area (Å²) >= 11 is 0. The molecule has 3 nitrogen and oxygen atoms in total. The number of aryl methyl sites for hydroxylation is 1. The van der Waals surface area contributed by atoms with Gasteiger partial charge in [-0.05, 0) is 70.8 Å². The van der Waals surface area contributed by atoms with Crippen LogP contribution >= 0.6 is 0 Å². The molecule has 116 valence electrons. The molecule has 4 heteroatoms. The quantitative estimate of drug-likeness (QED) is 0.852. The SMILES string of the molecule is Cc1cc(C2(C(=O)OC(C)(C)C)CCNCC2)ccc1F. The zero-order valence-electron chi connectivity index (χ0n) is 13.3. The number of ether oxygens (including phenoxy) is 1. The molecule has 0 spiro atoms. The van der Waals surface area contributed by atoms with E-state index >= 15 is 0 Å². The minimum absolute atomic E-state index is 0.206. The number of benzene rings is 1. The third-order valence-corrected chi connectivity index (χ3v) is 3.96. The van der Waals surface area contributed by atoms with Gasteiger partial charge < -0.3 is 10.1 Å². The number of carbonyl (C=O) groups excluding carboxylic acids is 1. The van der Waals surface area contributed by atoms with Gasteiger partial charge in [-0.1, -0.05) is 12.1 Å². The van der Waals surface area contributed by atoms with Gasteiger partial charge in [-0.3, -0.25) is 4.79 Å². The number of rotatable bonds is 2. The van der Waals surface area contributed by atoms with Crippen LogP contribution in [0.25, 0.3) is 0 Å². The average Bonchev–Trinajstić information content (AvgIpc) is 2.40. The van der Waals surface area contributed by atoms with Crippen LogP contribution < -0.4 is 5.32 Å². The number of nitrogens with one attached hydrogen (secondary N) is 1. The van der Waals surface area contributed by atoms with E-state index in [4.69, 9.17) is 4.74 Å². The first-order chi connectivity index (χ1) is 9.74. The summed E-state index contributed by atoms with van der Waals surface area (Å²) in [6.45, 7) is 8.86. The van der Waals surface area contributed by atoms with Crippen molar-refractivity contribution in [1.29, 1.82) is 0 Å². The van der Waals surface area contributed by atoms with Crippen LogP contribution in [0.3, 0.4) is 0 Å². The second kappa shape index (κ2) is 5.76. The number of carbonyl (C=O) groups is 1. The van der Waals surface area contributed by atoms with Crippen LogP contribution in [0, 0.1) is 12.7 Å². The highest BCUT2D eigenvalue weighted by atomic mass is 19.1. The zero-order chi connectivity index (χ0) is 15.7. The van der Waals surface area contributed by atoms with E-state index in [9.17, 15) is 9.18 Å². The molecule has 1 aliphatic rings. The van der Waals surface area contributed by atoms with Crippen LogP contribution in [-0.2, 0) is 14.9 Å². The van der Waals surface area contributed by atoms with E-state index in [0.29, 0.717) is 18.4 Å². The molecule has 21 heavy (non-hydrogen) atoms. The molecule has 1 N–H and O–H groups in total. The first-order valence-corrected chi connectivity index (χ1v) is 7.45. The van der Waals surface area contributed by atoms with Crippen LogP contribution in [-0.4, -0.2) is 24.7 Å². The molecule has 0 unspecified atom stereocenters. The van der Waals surface area contributed by atoms with Crippen LogP contribution in [0.4, 0.5) is 4.39 Å². The second-order valence-corrected chi connectivity index (χ2v) is 6.80. The smallest absolute Gasteiger partial charge is 0.317 e. The highest BCUT2D eigenvalue weighted by Gasteiger charge is 2.44. The van der Waals surface area contributed by atoms with Gasteiger partial charge in [0.25, 0.3) is 0 Å². The van der Waals surface area contributed by atoms with Gasteiger partial charge in [0.15, 0.2) is 0 Å². The van der Waals surface area contributed by atoms with E-state index in [1.807, 2.05) is 20.8 Å². The van der Waals surface area contributed by atoms with Gasteiger partial charge in [-0.15, -0.1) is 0 Å². The summed E-state index contributed by atoms with van der Waals surface area (Å²) in [4.78, 5) is 12.8. The van der Waals surface area contributed by atoms with Crippen LogP contribution in [0.1, 0.15) is 44.7 Å². The lowest BCUT2D eigenvalue weighted by molar-refractivity contribution is -0.163. The fraction of sp³-hybridized carbons (Fsp3) is 0.588. The first kappa shape index (κ1) is 16.0. The van der Waals surface area contributed by atoms with Crippen molar-refractivity contribution in [1.82, 2.24) is 5.32 Å². The predicted molar refractivity (Wildman–Crippen MR) is 80.8 cm³/mol. The summed E-state index contributed by atoms with van der Waals surface area (Å²) in [5, 5.41) is 3.27. The molecule has 1 aromatic carbocycles. The molecule has 1 aliphatic heterocycles. The van der Waals surface area contributed by atoms with Crippen molar-refractivity contribution >= 4 is 5.97 Å². The molecular weight excluding hydrogens is 269 g/mol. The first-order valence-electron chi connectivity index (χ1n) is 7.45. The number of piperidine rings is 1. The predicted octanol–water partition coefficient (Wildman–Crippen LogP) is 3.10. The third kappa shape index (κ3) is 3.43. The Morgan fingerprint density at radius 3 is 2.43 bits per heavy atom. The fourth-order valence-corrected chi connectivity index (χ4v) is 2.78. The largest absolute Gasteiger partial charge is 0.459 e. The molecule has 1 fully saturated rings. The van der Waals surface area contributed by atoms with Crippen LogP contribution in [0.5, 0.6) is 0 Å². The molecule has 0 aliphatic carbocycles. The maximum absolute atomic E-state index is 13.5. The summed E-state index contributed by atoms with van der Waals surface area (Å²) in [5.74, 6) is -0.450. The Hall–Kier alpha value is -1.42. The third-order valence-electron chi connectivity index (χ3n) is 3.96. The molecule has 0 atom stereocenters.